The summed E-state index contributed by atoms with van der Waals surface area (Å²) >= 11 is 0. The summed E-state index contributed by atoms with van der Waals surface area (Å²) in [7, 11) is -6.00. The second-order valence-corrected chi connectivity index (χ2v) is 5.07. The Bertz CT molecular complexity index is 289. The van der Waals surface area contributed by atoms with E-state index in [0.29, 0.717) is 0 Å². The van der Waals surface area contributed by atoms with Gasteiger partial charge in [0.2, 0.25) is 0 Å². The summed E-state index contributed by atoms with van der Waals surface area (Å²) < 4.78 is 39.0. The van der Waals surface area contributed by atoms with Crippen LogP contribution in [0.5, 0.6) is 0 Å². The summed E-state index contributed by atoms with van der Waals surface area (Å²) in [6.07, 6.45) is 14.6. The van der Waals surface area contributed by atoms with Crippen LogP contribution in [0.15, 0.2) is 25.1 Å². The Hall–Kier alpha value is -1.14. The van der Waals surface area contributed by atoms with Gasteiger partial charge >= 0.3 is 7.25 Å². The average molecular weight is 309 g/mol. The van der Waals surface area contributed by atoms with Gasteiger partial charge in [-0.15, -0.1) is 6.58 Å². The molecule has 0 spiro atoms. The number of hydrogen-bond donors (Lipinski definition) is 0. The van der Waals surface area contributed by atoms with Gasteiger partial charge in [-0.2, -0.15) is 0 Å². The Morgan fingerprint density at radius 3 is 2.10 bits per heavy atom. The lowest BCUT2D eigenvalue weighted by molar-refractivity contribution is 0.276. The fraction of sp³-hybridized carbons (Fsp3) is 0.714. The molecule has 0 unspecified atom stereocenters. The molecule has 0 aromatic rings. The molecule has 7 heteroatoms. The quantitative estimate of drug-likeness (QED) is 0.259. The molecule has 1 aliphatic heterocycles. The van der Waals surface area contributed by atoms with Crippen LogP contribution in [-0.2, 0) is 0 Å². The molecule has 0 amide bonds. The van der Waals surface area contributed by atoms with Crippen molar-refractivity contribution in [2.45, 2.75) is 45.4 Å². The van der Waals surface area contributed by atoms with Gasteiger partial charge in [-0.25, -0.2) is 0 Å². The molecule has 0 aliphatic carbocycles. The van der Waals surface area contributed by atoms with E-state index in [1.807, 2.05) is 6.08 Å². The highest BCUT2D eigenvalue weighted by Crippen LogP contribution is 2.10. The predicted octanol–water partition coefficient (Wildman–Crippen LogP) is 4.88. The third-order valence-corrected chi connectivity index (χ3v) is 3.01. The molecular weight excluding hydrogens is 283 g/mol. The highest BCUT2D eigenvalue weighted by Gasteiger charge is 2.20. The Balaban J connectivity index is 0.000000690. The van der Waals surface area contributed by atoms with Gasteiger partial charge < -0.3 is 27.1 Å². The summed E-state index contributed by atoms with van der Waals surface area (Å²) in [5.74, 6) is 0. The van der Waals surface area contributed by atoms with Gasteiger partial charge in [0.1, 0.15) is 0 Å². The van der Waals surface area contributed by atoms with E-state index in [1.165, 1.54) is 45.1 Å². The number of halogens is 4. The first-order valence-electron chi connectivity index (χ1n) is 7.51. The van der Waals surface area contributed by atoms with E-state index < -0.39 is 7.25 Å². The van der Waals surface area contributed by atoms with E-state index in [-0.39, 0.29) is 0 Å². The maximum Gasteiger partial charge on any atom is 0.673 e. The van der Waals surface area contributed by atoms with Crippen LogP contribution >= 0.6 is 0 Å². The van der Waals surface area contributed by atoms with Crippen molar-refractivity contribution in [2.24, 2.45) is 0 Å². The monoisotopic (exact) mass is 309 g/mol. The Labute approximate surface area is 125 Å². The molecule has 0 N–H and O–H groups in total. The third-order valence-electron chi connectivity index (χ3n) is 3.01. The highest BCUT2D eigenvalue weighted by atomic mass is 19.5. The van der Waals surface area contributed by atoms with E-state index in [9.17, 15) is 17.3 Å². The molecule has 0 aromatic carbocycles. The molecule has 0 saturated heterocycles. The SMILES string of the molecule is C=CCN1C=CN(CCCCCCCC)C1.F[B-](F)(F)F. The average Bonchev–Trinajstić information content (AvgIpc) is 2.80. The summed E-state index contributed by atoms with van der Waals surface area (Å²) in [4.78, 5) is 4.67. The number of hydrogen-bond acceptors (Lipinski definition) is 2. The van der Waals surface area contributed by atoms with E-state index in [4.69, 9.17) is 0 Å². The lowest BCUT2D eigenvalue weighted by Gasteiger charge is -2.19. The molecule has 1 heterocycles. The Kier molecular flexibility index (Phi) is 10.9. The second-order valence-electron chi connectivity index (χ2n) is 5.07. The van der Waals surface area contributed by atoms with Crippen LogP contribution < -0.4 is 0 Å². The van der Waals surface area contributed by atoms with Crippen molar-refractivity contribution in [3.8, 4) is 0 Å². The number of rotatable bonds is 9. The van der Waals surface area contributed by atoms with Crippen molar-refractivity contribution in [3.63, 3.8) is 0 Å². The van der Waals surface area contributed by atoms with Crippen molar-refractivity contribution in [1.82, 2.24) is 9.80 Å². The minimum Gasteiger partial charge on any atom is -0.418 e. The lowest BCUT2D eigenvalue weighted by Crippen LogP contribution is -2.26. The third kappa shape index (κ3) is 15.1. The zero-order chi connectivity index (χ0) is 16.1. The molecular formula is C14H26BF4N2-. The fourth-order valence-corrected chi connectivity index (χ4v) is 2.04. The van der Waals surface area contributed by atoms with Crippen LogP contribution in [0.4, 0.5) is 17.3 Å². The molecule has 1 aliphatic rings. The maximum atomic E-state index is 9.75. The smallest absolute Gasteiger partial charge is 0.418 e. The van der Waals surface area contributed by atoms with Crippen LogP contribution in [0, 0.1) is 0 Å². The zero-order valence-electron chi connectivity index (χ0n) is 12.8. The van der Waals surface area contributed by atoms with Crippen LogP contribution in [0.3, 0.4) is 0 Å². The van der Waals surface area contributed by atoms with Gasteiger partial charge in [-0.1, -0.05) is 45.1 Å². The van der Waals surface area contributed by atoms with Crippen LogP contribution in [0.25, 0.3) is 0 Å². The largest absolute Gasteiger partial charge is 0.673 e. The molecule has 0 saturated carbocycles. The first-order chi connectivity index (χ1) is 9.86. The standard InChI is InChI=1S/C14H26N2.BF4/c1-3-5-6-7-8-9-11-16-13-12-15(14-16)10-4-2;2-1(3,4)5/h4,12-13H,2-3,5-11,14H2,1H3;/q;-1. The van der Waals surface area contributed by atoms with Gasteiger partial charge in [-0.05, 0) is 6.42 Å². The van der Waals surface area contributed by atoms with Crippen LogP contribution in [0.1, 0.15) is 45.4 Å². The van der Waals surface area contributed by atoms with Crippen molar-refractivity contribution >= 4 is 7.25 Å². The van der Waals surface area contributed by atoms with E-state index in [1.54, 1.807) is 0 Å². The van der Waals surface area contributed by atoms with Crippen molar-refractivity contribution in [1.29, 1.82) is 0 Å². The molecule has 1 rings (SSSR count). The van der Waals surface area contributed by atoms with E-state index in [2.05, 4.69) is 35.7 Å². The minimum absolute atomic E-state index is 0.962. The molecule has 2 nitrogen and oxygen atoms in total. The van der Waals surface area contributed by atoms with Gasteiger partial charge in [0, 0.05) is 25.5 Å². The molecule has 0 atom stereocenters. The first-order valence-corrected chi connectivity index (χ1v) is 7.51. The molecule has 0 radical (unpaired) electrons. The molecule has 124 valence electrons. The summed E-state index contributed by atoms with van der Waals surface area (Å²) in [5.41, 5.74) is 0. The van der Waals surface area contributed by atoms with Crippen LogP contribution in [-0.4, -0.2) is 36.8 Å². The lowest BCUT2D eigenvalue weighted by atomic mass is 10.1. The Morgan fingerprint density at radius 1 is 1.00 bits per heavy atom. The molecule has 0 aromatic heterocycles. The number of unbranched alkanes of at least 4 members (excludes halogenated alkanes) is 5. The van der Waals surface area contributed by atoms with Gasteiger partial charge in [-0.3, -0.25) is 0 Å². The highest BCUT2D eigenvalue weighted by molar-refractivity contribution is 6.50. The number of nitrogens with zero attached hydrogens (tertiary/aromatic N) is 2. The Morgan fingerprint density at radius 2 is 1.52 bits per heavy atom. The second kappa shape index (κ2) is 11.5. The minimum atomic E-state index is -6.00. The van der Waals surface area contributed by atoms with Crippen LogP contribution in [0.2, 0.25) is 0 Å². The summed E-state index contributed by atoms with van der Waals surface area (Å²) in [6.45, 7) is 9.24. The topological polar surface area (TPSA) is 6.48 Å². The first kappa shape index (κ1) is 19.9. The van der Waals surface area contributed by atoms with Gasteiger partial charge in [0.25, 0.3) is 0 Å². The van der Waals surface area contributed by atoms with E-state index in [0.717, 1.165) is 13.2 Å². The van der Waals surface area contributed by atoms with Crippen molar-refractivity contribution < 1.29 is 17.3 Å². The zero-order valence-corrected chi connectivity index (χ0v) is 12.8. The van der Waals surface area contributed by atoms with Crippen molar-refractivity contribution in [2.75, 3.05) is 19.8 Å². The summed E-state index contributed by atoms with van der Waals surface area (Å²) in [6, 6.07) is 0. The van der Waals surface area contributed by atoms with Crippen molar-refractivity contribution in [3.05, 3.63) is 25.1 Å². The fourth-order valence-electron chi connectivity index (χ4n) is 2.04. The maximum absolute atomic E-state index is 9.75. The molecule has 21 heavy (non-hydrogen) atoms. The van der Waals surface area contributed by atoms with Gasteiger partial charge in [0.15, 0.2) is 0 Å². The predicted molar refractivity (Wildman–Crippen MR) is 81.2 cm³/mol. The normalized spacial score (nSPS) is 14.1. The van der Waals surface area contributed by atoms with E-state index >= 15 is 0 Å². The molecule has 0 fully saturated rings. The summed E-state index contributed by atoms with van der Waals surface area (Å²) in [5, 5.41) is 0. The van der Waals surface area contributed by atoms with Gasteiger partial charge in [0.05, 0.1) is 6.67 Å². The molecule has 0 bridgehead atoms.